The Morgan fingerprint density at radius 2 is 1.37 bits per heavy atom. The summed E-state index contributed by atoms with van der Waals surface area (Å²) < 4.78 is 5.47. The lowest BCUT2D eigenvalue weighted by atomic mass is 10.0. The maximum absolute atomic E-state index is 5.47. The quantitative estimate of drug-likeness (QED) is 0.522. The summed E-state index contributed by atoms with van der Waals surface area (Å²) in [5.41, 5.74) is 6.60. The largest absolute Gasteiger partial charge is 0.496 e. The lowest BCUT2D eigenvalue weighted by Crippen LogP contribution is -2.25. The Labute approximate surface area is 163 Å². The van der Waals surface area contributed by atoms with E-state index in [4.69, 9.17) is 4.74 Å². The second kappa shape index (κ2) is 9.38. The van der Waals surface area contributed by atoms with Crippen molar-refractivity contribution < 1.29 is 4.74 Å². The van der Waals surface area contributed by atoms with Crippen molar-refractivity contribution in [1.29, 1.82) is 0 Å². The molecule has 3 rings (SSSR count). The first-order valence-corrected chi connectivity index (χ1v) is 9.60. The molecule has 0 spiro atoms. The Bertz CT molecular complexity index is 843. The Hall–Kier alpha value is -2.58. The molecule has 0 unspecified atom stereocenters. The molecule has 140 valence electrons. The van der Waals surface area contributed by atoms with Gasteiger partial charge >= 0.3 is 0 Å². The zero-order valence-electron chi connectivity index (χ0n) is 16.6. The summed E-state index contributed by atoms with van der Waals surface area (Å²) in [4.78, 5) is 2.54. The number of hydrogen-bond donors (Lipinski definition) is 0. The third-order valence-corrected chi connectivity index (χ3v) is 5.06. The average Bonchev–Trinajstić information content (AvgIpc) is 2.70. The van der Waals surface area contributed by atoms with E-state index in [-0.39, 0.29) is 0 Å². The maximum atomic E-state index is 5.47. The van der Waals surface area contributed by atoms with Crippen LogP contribution in [0, 0.1) is 13.8 Å². The molecule has 2 heteroatoms. The molecule has 0 atom stereocenters. The van der Waals surface area contributed by atoms with E-state index in [9.17, 15) is 0 Å². The van der Waals surface area contributed by atoms with Gasteiger partial charge in [0.2, 0.25) is 0 Å². The predicted molar refractivity (Wildman–Crippen MR) is 113 cm³/mol. The Morgan fingerprint density at radius 1 is 0.741 bits per heavy atom. The van der Waals surface area contributed by atoms with Gasteiger partial charge in [-0.2, -0.15) is 0 Å². The first-order chi connectivity index (χ1) is 13.2. The molecule has 0 aromatic heterocycles. The van der Waals surface area contributed by atoms with Crippen LogP contribution in [0.5, 0.6) is 5.75 Å². The molecular formula is C25H29NO. The highest BCUT2D eigenvalue weighted by molar-refractivity contribution is 5.41. The summed E-state index contributed by atoms with van der Waals surface area (Å²) in [6, 6.07) is 25.9. The molecule has 0 aliphatic heterocycles. The van der Waals surface area contributed by atoms with E-state index in [1.807, 2.05) is 0 Å². The first kappa shape index (κ1) is 19.2. The van der Waals surface area contributed by atoms with Crippen molar-refractivity contribution in [2.45, 2.75) is 33.4 Å². The van der Waals surface area contributed by atoms with Gasteiger partial charge in [-0.1, -0.05) is 66.7 Å². The highest BCUT2D eigenvalue weighted by Crippen LogP contribution is 2.24. The van der Waals surface area contributed by atoms with Crippen LogP contribution in [0.1, 0.15) is 27.8 Å². The molecule has 0 amide bonds. The van der Waals surface area contributed by atoms with Crippen LogP contribution in [0.15, 0.2) is 72.8 Å². The summed E-state index contributed by atoms with van der Waals surface area (Å²) in [7, 11) is 1.74. The molecule has 0 heterocycles. The van der Waals surface area contributed by atoms with E-state index in [0.717, 1.165) is 31.8 Å². The van der Waals surface area contributed by atoms with Crippen molar-refractivity contribution in [1.82, 2.24) is 4.90 Å². The predicted octanol–water partition coefficient (Wildman–Crippen LogP) is 5.56. The fourth-order valence-corrected chi connectivity index (χ4v) is 3.47. The standard InChI is InChI=1S/C25H29NO/c1-20-17-25(27-3)21(2)16-24(20)19-26(18-23-12-8-5-9-13-23)15-14-22-10-6-4-7-11-22/h4-13,16-17H,14-15,18-19H2,1-3H3. The molecular weight excluding hydrogens is 330 g/mol. The van der Waals surface area contributed by atoms with E-state index >= 15 is 0 Å². The van der Waals surface area contributed by atoms with E-state index in [2.05, 4.69) is 91.5 Å². The van der Waals surface area contributed by atoms with E-state index in [1.165, 1.54) is 27.8 Å². The fourth-order valence-electron chi connectivity index (χ4n) is 3.47. The molecule has 0 aliphatic rings. The topological polar surface area (TPSA) is 12.5 Å². The minimum Gasteiger partial charge on any atom is -0.496 e. The van der Waals surface area contributed by atoms with E-state index < -0.39 is 0 Å². The highest BCUT2D eigenvalue weighted by atomic mass is 16.5. The number of methoxy groups -OCH3 is 1. The van der Waals surface area contributed by atoms with Gasteiger partial charge in [-0.05, 0) is 54.2 Å². The fraction of sp³-hybridized carbons (Fsp3) is 0.280. The summed E-state index contributed by atoms with van der Waals surface area (Å²) in [5.74, 6) is 0.968. The molecule has 0 fully saturated rings. The average molecular weight is 360 g/mol. The number of aryl methyl sites for hydroxylation is 2. The van der Waals surface area contributed by atoms with E-state index in [1.54, 1.807) is 7.11 Å². The van der Waals surface area contributed by atoms with Crippen LogP contribution in [-0.2, 0) is 19.5 Å². The maximum Gasteiger partial charge on any atom is 0.122 e. The molecule has 3 aromatic carbocycles. The van der Waals surface area contributed by atoms with Crippen LogP contribution in [0.4, 0.5) is 0 Å². The summed E-state index contributed by atoms with van der Waals surface area (Å²) in [6.45, 7) is 7.22. The molecule has 0 saturated heterocycles. The third-order valence-electron chi connectivity index (χ3n) is 5.06. The van der Waals surface area contributed by atoms with Gasteiger partial charge in [-0.15, -0.1) is 0 Å². The van der Waals surface area contributed by atoms with Crippen LogP contribution in [-0.4, -0.2) is 18.6 Å². The van der Waals surface area contributed by atoms with Gasteiger partial charge in [0.1, 0.15) is 5.75 Å². The Kier molecular flexibility index (Phi) is 6.67. The summed E-state index contributed by atoms with van der Waals surface area (Å²) >= 11 is 0. The first-order valence-electron chi connectivity index (χ1n) is 9.60. The molecule has 0 aliphatic carbocycles. The van der Waals surface area contributed by atoms with Crippen molar-refractivity contribution in [2.75, 3.05) is 13.7 Å². The SMILES string of the molecule is COc1cc(C)c(CN(CCc2ccccc2)Cc2ccccc2)cc1C. The molecule has 0 N–H and O–H groups in total. The van der Waals surface area contributed by atoms with Crippen molar-refractivity contribution in [3.63, 3.8) is 0 Å². The molecule has 0 bridgehead atoms. The molecule has 0 saturated carbocycles. The van der Waals surface area contributed by atoms with Crippen LogP contribution < -0.4 is 4.74 Å². The summed E-state index contributed by atoms with van der Waals surface area (Å²) in [5, 5.41) is 0. The van der Waals surface area contributed by atoms with Crippen molar-refractivity contribution in [3.8, 4) is 5.75 Å². The Morgan fingerprint density at radius 3 is 2.00 bits per heavy atom. The molecule has 3 aromatic rings. The van der Waals surface area contributed by atoms with Crippen LogP contribution in [0.3, 0.4) is 0 Å². The lowest BCUT2D eigenvalue weighted by Gasteiger charge is -2.24. The lowest BCUT2D eigenvalue weighted by molar-refractivity contribution is 0.259. The van der Waals surface area contributed by atoms with Crippen LogP contribution in [0.25, 0.3) is 0 Å². The second-order valence-electron chi connectivity index (χ2n) is 7.18. The van der Waals surface area contributed by atoms with Gasteiger partial charge < -0.3 is 4.74 Å². The molecule has 27 heavy (non-hydrogen) atoms. The number of benzene rings is 3. The van der Waals surface area contributed by atoms with E-state index in [0.29, 0.717) is 0 Å². The third kappa shape index (κ3) is 5.45. The number of ether oxygens (including phenoxy) is 1. The van der Waals surface area contributed by atoms with Crippen LogP contribution in [0.2, 0.25) is 0 Å². The zero-order chi connectivity index (χ0) is 19.1. The normalized spacial score (nSPS) is 11.0. The van der Waals surface area contributed by atoms with Gasteiger partial charge in [0, 0.05) is 19.6 Å². The van der Waals surface area contributed by atoms with Crippen molar-refractivity contribution >= 4 is 0 Å². The minimum absolute atomic E-state index is 0.943. The Balaban J connectivity index is 1.77. The summed E-state index contributed by atoms with van der Waals surface area (Å²) in [6.07, 6.45) is 1.06. The second-order valence-corrected chi connectivity index (χ2v) is 7.18. The highest BCUT2D eigenvalue weighted by Gasteiger charge is 2.11. The van der Waals surface area contributed by atoms with Gasteiger partial charge in [0.05, 0.1) is 7.11 Å². The van der Waals surface area contributed by atoms with Crippen molar-refractivity contribution in [2.24, 2.45) is 0 Å². The van der Waals surface area contributed by atoms with Gasteiger partial charge in [0.25, 0.3) is 0 Å². The monoisotopic (exact) mass is 359 g/mol. The minimum atomic E-state index is 0.943. The number of hydrogen-bond acceptors (Lipinski definition) is 2. The molecule has 0 radical (unpaired) electrons. The number of rotatable bonds is 8. The van der Waals surface area contributed by atoms with Crippen molar-refractivity contribution in [3.05, 3.63) is 101 Å². The zero-order valence-corrected chi connectivity index (χ0v) is 16.6. The van der Waals surface area contributed by atoms with Crippen LogP contribution >= 0.6 is 0 Å². The van der Waals surface area contributed by atoms with Gasteiger partial charge in [-0.25, -0.2) is 0 Å². The smallest absolute Gasteiger partial charge is 0.122 e. The number of nitrogens with zero attached hydrogens (tertiary/aromatic N) is 1. The van der Waals surface area contributed by atoms with Gasteiger partial charge in [-0.3, -0.25) is 4.90 Å². The molecule has 2 nitrogen and oxygen atoms in total. The van der Waals surface area contributed by atoms with Gasteiger partial charge in [0.15, 0.2) is 0 Å².